The number of hydrogen-bond acceptors (Lipinski definition) is 3. The number of fused-ring (bicyclic) bond motifs is 1. The van der Waals surface area contributed by atoms with Crippen molar-refractivity contribution < 1.29 is 9.84 Å². The van der Waals surface area contributed by atoms with Crippen LogP contribution in [0.2, 0.25) is 0 Å². The van der Waals surface area contributed by atoms with Gasteiger partial charge in [0, 0.05) is 20.2 Å². The number of aliphatic hydroxyl groups is 1. The molecule has 1 saturated heterocycles. The third-order valence-electron chi connectivity index (χ3n) is 2.75. The van der Waals surface area contributed by atoms with Crippen molar-refractivity contribution in [3.8, 4) is 0 Å². The van der Waals surface area contributed by atoms with Crippen molar-refractivity contribution in [1.29, 1.82) is 0 Å². The quantitative estimate of drug-likeness (QED) is 0.591. The average Bonchev–Trinajstić information content (AvgIpc) is 2.58. The van der Waals surface area contributed by atoms with Crippen molar-refractivity contribution in [2.45, 2.75) is 18.6 Å². The summed E-state index contributed by atoms with van der Waals surface area (Å²) >= 11 is 0. The van der Waals surface area contributed by atoms with Gasteiger partial charge in [-0.1, -0.05) is 6.08 Å². The minimum absolute atomic E-state index is 0.172. The third-order valence-corrected chi connectivity index (χ3v) is 2.75. The molecule has 0 aromatic heterocycles. The molecule has 0 spiro atoms. The van der Waals surface area contributed by atoms with Crippen molar-refractivity contribution >= 4 is 0 Å². The summed E-state index contributed by atoms with van der Waals surface area (Å²) in [6, 6.07) is 0.255. The molecule has 0 aromatic carbocycles. The minimum atomic E-state index is -0.172. The van der Waals surface area contributed by atoms with Crippen molar-refractivity contribution in [2.24, 2.45) is 0 Å². The van der Waals surface area contributed by atoms with E-state index in [9.17, 15) is 5.11 Å². The molecule has 2 aliphatic heterocycles. The molecule has 3 nitrogen and oxygen atoms in total. The van der Waals surface area contributed by atoms with E-state index >= 15 is 0 Å². The predicted octanol–water partition coefficient (Wildman–Crippen LogP) is 0.00800. The molecular weight excluding hydrogens is 154 g/mol. The molecule has 2 heterocycles. The lowest BCUT2D eigenvalue weighted by atomic mass is 10.1. The van der Waals surface area contributed by atoms with E-state index in [4.69, 9.17) is 4.74 Å². The molecule has 1 fully saturated rings. The largest absolute Gasteiger partial charge is 0.391 e. The Morgan fingerprint density at radius 2 is 2.58 bits per heavy atom. The summed E-state index contributed by atoms with van der Waals surface area (Å²) in [6.45, 7) is 2.67. The first-order valence-electron chi connectivity index (χ1n) is 4.43. The van der Waals surface area contributed by atoms with Crippen LogP contribution in [0.5, 0.6) is 0 Å². The fourth-order valence-electron chi connectivity index (χ4n) is 2.19. The number of aliphatic hydroxyl groups excluding tert-OH is 1. The monoisotopic (exact) mass is 169 g/mol. The van der Waals surface area contributed by atoms with Gasteiger partial charge >= 0.3 is 0 Å². The molecule has 2 unspecified atom stereocenters. The molecule has 2 aliphatic rings. The number of ether oxygens (including phenoxy) is 1. The topological polar surface area (TPSA) is 32.7 Å². The highest BCUT2D eigenvalue weighted by Gasteiger charge is 2.37. The van der Waals surface area contributed by atoms with Crippen LogP contribution in [0.25, 0.3) is 0 Å². The summed E-state index contributed by atoms with van der Waals surface area (Å²) in [5.41, 5.74) is 1.25. The second-order valence-corrected chi connectivity index (χ2v) is 3.51. The van der Waals surface area contributed by atoms with Crippen LogP contribution in [0.1, 0.15) is 6.42 Å². The van der Waals surface area contributed by atoms with E-state index in [1.165, 1.54) is 5.57 Å². The van der Waals surface area contributed by atoms with Crippen molar-refractivity contribution in [2.75, 3.05) is 26.8 Å². The number of rotatable bonds is 2. The van der Waals surface area contributed by atoms with E-state index in [0.717, 1.165) is 19.5 Å². The molecule has 0 radical (unpaired) electrons. The van der Waals surface area contributed by atoms with Crippen LogP contribution in [0, 0.1) is 0 Å². The summed E-state index contributed by atoms with van der Waals surface area (Å²) < 4.78 is 5.08. The maximum absolute atomic E-state index is 9.66. The molecule has 1 N–H and O–H groups in total. The molecule has 0 aromatic rings. The molecule has 0 saturated carbocycles. The van der Waals surface area contributed by atoms with E-state index in [0.29, 0.717) is 6.61 Å². The smallest absolute Gasteiger partial charge is 0.0746 e. The fraction of sp³-hybridized carbons (Fsp3) is 0.778. The summed E-state index contributed by atoms with van der Waals surface area (Å²) in [5.74, 6) is 0. The predicted molar refractivity (Wildman–Crippen MR) is 45.9 cm³/mol. The van der Waals surface area contributed by atoms with Gasteiger partial charge in [-0.3, -0.25) is 4.90 Å². The van der Waals surface area contributed by atoms with Crippen molar-refractivity contribution in [3.05, 3.63) is 11.6 Å². The highest BCUT2D eigenvalue weighted by atomic mass is 16.5. The van der Waals surface area contributed by atoms with Crippen LogP contribution in [-0.2, 0) is 4.74 Å². The van der Waals surface area contributed by atoms with Gasteiger partial charge in [0.2, 0.25) is 0 Å². The molecule has 0 bridgehead atoms. The van der Waals surface area contributed by atoms with E-state index in [1.807, 2.05) is 0 Å². The highest BCUT2D eigenvalue weighted by Crippen LogP contribution is 2.28. The van der Waals surface area contributed by atoms with Gasteiger partial charge in [0.25, 0.3) is 0 Å². The zero-order valence-corrected chi connectivity index (χ0v) is 7.36. The zero-order valence-electron chi connectivity index (χ0n) is 7.36. The molecular formula is C9H15NO2. The van der Waals surface area contributed by atoms with Crippen LogP contribution in [0.4, 0.5) is 0 Å². The van der Waals surface area contributed by atoms with Crippen LogP contribution in [-0.4, -0.2) is 49.0 Å². The summed E-state index contributed by atoms with van der Waals surface area (Å²) in [7, 11) is 1.70. The fourth-order valence-corrected chi connectivity index (χ4v) is 2.19. The van der Waals surface area contributed by atoms with Gasteiger partial charge in [0.05, 0.1) is 18.8 Å². The molecule has 3 heteroatoms. The lowest BCUT2D eigenvalue weighted by Gasteiger charge is -2.20. The summed E-state index contributed by atoms with van der Waals surface area (Å²) in [6.07, 6.45) is 2.91. The average molecular weight is 169 g/mol. The Hall–Kier alpha value is -0.380. The second kappa shape index (κ2) is 3.17. The van der Waals surface area contributed by atoms with Gasteiger partial charge in [-0.15, -0.1) is 0 Å². The summed E-state index contributed by atoms with van der Waals surface area (Å²) in [4.78, 5) is 2.30. The normalized spacial score (nSPS) is 35.3. The van der Waals surface area contributed by atoms with Gasteiger partial charge in [0.1, 0.15) is 0 Å². The molecule has 12 heavy (non-hydrogen) atoms. The van der Waals surface area contributed by atoms with E-state index in [2.05, 4.69) is 11.0 Å². The van der Waals surface area contributed by atoms with Crippen LogP contribution < -0.4 is 0 Å². The third kappa shape index (κ3) is 1.18. The Kier molecular flexibility index (Phi) is 2.17. The second-order valence-electron chi connectivity index (χ2n) is 3.51. The number of nitrogens with zero attached hydrogens (tertiary/aromatic N) is 1. The lowest BCUT2D eigenvalue weighted by molar-refractivity contribution is 0.133. The van der Waals surface area contributed by atoms with Gasteiger partial charge in [-0.25, -0.2) is 0 Å². The first kappa shape index (κ1) is 8.23. The maximum atomic E-state index is 9.66. The SMILES string of the molecule is COCC1=CCN2CCC(O)C12. The van der Waals surface area contributed by atoms with E-state index in [-0.39, 0.29) is 12.1 Å². The Balaban J connectivity index is 2.06. The maximum Gasteiger partial charge on any atom is 0.0746 e. The molecule has 0 aliphatic carbocycles. The van der Waals surface area contributed by atoms with Crippen LogP contribution >= 0.6 is 0 Å². The van der Waals surface area contributed by atoms with E-state index in [1.54, 1.807) is 7.11 Å². The van der Waals surface area contributed by atoms with Gasteiger partial charge in [-0.05, 0) is 12.0 Å². The van der Waals surface area contributed by atoms with Crippen LogP contribution in [0.15, 0.2) is 11.6 Å². The van der Waals surface area contributed by atoms with Crippen molar-refractivity contribution in [3.63, 3.8) is 0 Å². The molecule has 2 atom stereocenters. The highest BCUT2D eigenvalue weighted by molar-refractivity contribution is 5.23. The van der Waals surface area contributed by atoms with E-state index < -0.39 is 0 Å². The zero-order chi connectivity index (χ0) is 8.55. The minimum Gasteiger partial charge on any atom is -0.391 e. The van der Waals surface area contributed by atoms with Crippen LogP contribution in [0.3, 0.4) is 0 Å². The Morgan fingerprint density at radius 1 is 1.75 bits per heavy atom. The number of hydrogen-bond donors (Lipinski definition) is 1. The lowest BCUT2D eigenvalue weighted by Crippen LogP contribution is -2.32. The Labute approximate surface area is 72.6 Å². The molecule has 2 rings (SSSR count). The molecule has 0 amide bonds. The summed E-state index contributed by atoms with van der Waals surface area (Å²) in [5, 5.41) is 9.66. The number of methoxy groups -OCH3 is 1. The standard InChI is InChI=1S/C9H15NO2/c1-12-6-7-2-4-10-5-3-8(11)9(7)10/h2,8-9,11H,3-6H2,1H3. The Bertz CT molecular complexity index is 203. The Morgan fingerprint density at radius 3 is 3.33 bits per heavy atom. The van der Waals surface area contributed by atoms with Crippen molar-refractivity contribution in [1.82, 2.24) is 4.90 Å². The van der Waals surface area contributed by atoms with Gasteiger partial charge in [0.15, 0.2) is 0 Å². The first-order valence-corrected chi connectivity index (χ1v) is 4.43. The molecule has 68 valence electrons. The first-order chi connectivity index (χ1) is 5.83. The van der Waals surface area contributed by atoms with Gasteiger partial charge in [-0.2, -0.15) is 0 Å². The van der Waals surface area contributed by atoms with Gasteiger partial charge < -0.3 is 9.84 Å².